The highest BCUT2D eigenvalue weighted by Gasteiger charge is 2.17. The number of carbonyl (C=O) groups is 1. The fourth-order valence-corrected chi connectivity index (χ4v) is 3.26. The highest BCUT2D eigenvalue weighted by Crippen LogP contribution is 2.29. The summed E-state index contributed by atoms with van der Waals surface area (Å²) in [5, 5.41) is 3.86. The Labute approximate surface area is 140 Å². The van der Waals surface area contributed by atoms with Crippen molar-refractivity contribution in [3.8, 4) is 10.4 Å². The molecule has 3 rings (SSSR count). The maximum absolute atomic E-state index is 12.5. The molecule has 4 heteroatoms. The number of nitrogens with one attached hydrogen (secondary N) is 1. The van der Waals surface area contributed by atoms with E-state index in [0.29, 0.717) is 12.2 Å². The lowest BCUT2D eigenvalue weighted by atomic mass is 10.1. The molecule has 1 aromatic heterocycles. The van der Waals surface area contributed by atoms with Crippen LogP contribution in [0, 0.1) is 13.8 Å². The second-order valence-electron chi connectivity index (χ2n) is 5.44. The molecule has 0 aliphatic carbocycles. The smallest absolute Gasteiger partial charge is 0.271 e. The minimum absolute atomic E-state index is 0.131. The van der Waals surface area contributed by atoms with E-state index in [2.05, 4.69) is 10.3 Å². The van der Waals surface area contributed by atoms with Crippen molar-refractivity contribution in [2.24, 2.45) is 0 Å². The van der Waals surface area contributed by atoms with Crippen molar-refractivity contribution in [2.75, 3.05) is 0 Å². The van der Waals surface area contributed by atoms with Gasteiger partial charge in [-0.15, -0.1) is 11.3 Å². The average Bonchev–Trinajstić information content (AvgIpc) is 2.97. The number of aryl methyl sites for hydroxylation is 2. The zero-order chi connectivity index (χ0) is 16.2. The minimum atomic E-state index is -0.131. The highest BCUT2D eigenvalue weighted by molar-refractivity contribution is 7.15. The van der Waals surface area contributed by atoms with Gasteiger partial charge in [0.2, 0.25) is 0 Å². The van der Waals surface area contributed by atoms with E-state index in [9.17, 15) is 4.79 Å². The molecular weight excluding hydrogens is 304 g/mol. The Kier molecular flexibility index (Phi) is 4.53. The molecule has 0 atom stereocenters. The van der Waals surface area contributed by atoms with Gasteiger partial charge in [-0.2, -0.15) is 0 Å². The van der Waals surface area contributed by atoms with Crippen LogP contribution in [0.2, 0.25) is 0 Å². The normalized spacial score (nSPS) is 10.5. The van der Waals surface area contributed by atoms with E-state index in [4.69, 9.17) is 0 Å². The lowest BCUT2D eigenvalue weighted by Gasteiger charge is -2.06. The number of aromatic nitrogens is 1. The number of nitrogens with zero attached hydrogens (tertiary/aromatic N) is 1. The van der Waals surface area contributed by atoms with Gasteiger partial charge in [0, 0.05) is 6.54 Å². The topological polar surface area (TPSA) is 42.0 Å². The molecule has 23 heavy (non-hydrogen) atoms. The van der Waals surface area contributed by atoms with E-state index in [1.165, 1.54) is 5.56 Å². The van der Waals surface area contributed by atoms with Gasteiger partial charge < -0.3 is 5.32 Å². The SMILES string of the molecule is Cc1ccc(CNC(=O)c2nc(C)sc2-c2ccccc2)cc1. The highest BCUT2D eigenvalue weighted by atomic mass is 32.1. The first-order chi connectivity index (χ1) is 11.1. The van der Waals surface area contributed by atoms with E-state index >= 15 is 0 Å². The van der Waals surface area contributed by atoms with E-state index in [1.807, 2.05) is 68.4 Å². The summed E-state index contributed by atoms with van der Waals surface area (Å²) in [5.74, 6) is -0.131. The standard InChI is InChI=1S/C19H18N2OS/c1-13-8-10-15(11-9-13)12-20-19(22)17-18(23-14(2)21-17)16-6-4-3-5-7-16/h3-11H,12H2,1-2H3,(H,20,22). The maximum Gasteiger partial charge on any atom is 0.271 e. The van der Waals surface area contributed by atoms with E-state index in [1.54, 1.807) is 11.3 Å². The first kappa shape index (κ1) is 15.4. The molecule has 3 nitrogen and oxygen atoms in total. The average molecular weight is 322 g/mol. The van der Waals surface area contributed by atoms with Gasteiger partial charge in [-0.3, -0.25) is 4.79 Å². The third-order valence-corrected chi connectivity index (χ3v) is 4.58. The molecule has 0 bridgehead atoms. The first-order valence-electron chi connectivity index (χ1n) is 7.50. The molecule has 1 amide bonds. The number of hydrogen-bond donors (Lipinski definition) is 1. The Morgan fingerprint density at radius 1 is 1.04 bits per heavy atom. The van der Waals surface area contributed by atoms with E-state index in [-0.39, 0.29) is 5.91 Å². The third kappa shape index (κ3) is 3.66. The first-order valence-corrected chi connectivity index (χ1v) is 8.32. The molecular formula is C19H18N2OS. The number of thiazole rings is 1. The van der Waals surface area contributed by atoms with E-state index in [0.717, 1.165) is 21.0 Å². The third-order valence-electron chi connectivity index (χ3n) is 3.56. The van der Waals surface area contributed by atoms with Crippen molar-refractivity contribution < 1.29 is 4.79 Å². The molecule has 0 aliphatic heterocycles. The summed E-state index contributed by atoms with van der Waals surface area (Å²) in [7, 11) is 0. The van der Waals surface area contributed by atoms with Crippen LogP contribution < -0.4 is 5.32 Å². The minimum Gasteiger partial charge on any atom is -0.347 e. The van der Waals surface area contributed by atoms with Crippen molar-refractivity contribution in [1.82, 2.24) is 10.3 Å². The van der Waals surface area contributed by atoms with Crippen molar-refractivity contribution in [3.63, 3.8) is 0 Å². The predicted molar refractivity (Wildman–Crippen MR) is 94.6 cm³/mol. The van der Waals surface area contributed by atoms with Crippen LogP contribution in [-0.4, -0.2) is 10.9 Å². The molecule has 3 aromatic rings. The Morgan fingerprint density at radius 2 is 1.74 bits per heavy atom. The van der Waals surface area contributed by atoms with Crippen LogP contribution in [0.1, 0.15) is 26.6 Å². The van der Waals surface area contributed by atoms with Gasteiger partial charge in [0.15, 0.2) is 0 Å². The van der Waals surface area contributed by atoms with Gasteiger partial charge in [-0.05, 0) is 25.0 Å². The van der Waals surface area contributed by atoms with Crippen LogP contribution in [0.5, 0.6) is 0 Å². The van der Waals surface area contributed by atoms with Gasteiger partial charge in [0.1, 0.15) is 5.69 Å². The Bertz CT molecular complexity index is 807. The van der Waals surface area contributed by atoms with E-state index < -0.39 is 0 Å². The lowest BCUT2D eigenvalue weighted by Crippen LogP contribution is -2.23. The molecule has 0 radical (unpaired) electrons. The second-order valence-corrected chi connectivity index (χ2v) is 6.65. The monoisotopic (exact) mass is 322 g/mol. The molecule has 0 aliphatic rings. The largest absolute Gasteiger partial charge is 0.347 e. The van der Waals surface area contributed by atoms with Gasteiger partial charge in [0.25, 0.3) is 5.91 Å². The van der Waals surface area contributed by atoms with Gasteiger partial charge in [0.05, 0.1) is 9.88 Å². The summed E-state index contributed by atoms with van der Waals surface area (Å²) in [5.41, 5.74) is 3.82. The fraction of sp³-hybridized carbons (Fsp3) is 0.158. The molecule has 1 heterocycles. The lowest BCUT2D eigenvalue weighted by molar-refractivity contribution is 0.0947. The Balaban J connectivity index is 1.79. The molecule has 0 fully saturated rings. The second kappa shape index (κ2) is 6.75. The predicted octanol–water partition coefficient (Wildman–Crippen LogP) is 4.36. The molecule has 2 aromatic carbocycles. The molecule has 0 unspecified atom stereocenters. The van der Waals surface area contributed by atoms with Crippen LogP contribution >= 0.6 is 11.3 Å². The van der Waals surface area contributed by atoms with Gasteiger partial charge >= 0.3 is 0 Å². The number of rotatable bonds is 4. The van der Waals surface area contributed by atoms with Gasteiger partial charge in [-0.25, -0.2) is 4.98 Å². The van der Waals surface area contributed by atoms with Crippen molar-refractivity contribution >= 4 is 17.2 Å². The maximum atomic E-state index is 12.5. The molecule has 116 valence electrons. The van der Waals surface area contributed by atoms with Crippen molar-refractivity contribution in [1.29, 1.82) is 0 Å². The van der Waals surface area contributed by atoms with Crippen LogP contribution in [0.3, 0.4) is 0 Å². The van der Waals surface area contributed by atoms with Crippen LogP contribution in [0.15, 0.2) is 54.6 Å². The molecule has 0 saturated heterocycles. The Hall–Kier alpha value is -2.46. The van der Waals surface area contributed by atoms with Crippen molar-refractivity contribution in [3.05, 3.63) is 76.4 Å². The summed E-state index contributed by atoms with van der Waals surface area (Å²) < 4.78 is 0. The fourth-order valence-electron chi connectivity index (χ4n) is 2.34. The van der Waals surface area contributed by atoms with Crippen molar-refractivity contribution in [2.45, 2.75) is 20.4 Å². The van der Waals surface area contributed by atoms with Crippen LogP contribution in [-0.2, 0) is 6.54 Å². The number of carbonyl (C=O) groups excluding carboxylic acids is 1. The quantitative estimate of drug-likeness (QED) is 0.775. The summed E-state index contributed by atoms with van der Waals surface area (Å²) >= 11 is 1.55. The summed E-state index contributed by atoms with van der Waals surface area (Å²) in [6.07, 6.45) is 0. The zero-order valence-electron chi connectivity index (χ0n) is 13.2. The summed E-state index contributed by atoms with van der Waals surface area (Å²) in [4.78, 5) is 17.9. The molecule has 0 spiro atoms. The Morgan fingerprint density at radius 3 is 2.43 bits per heavy atom. The van der Waals surface area contributed by atoms with Crippen LogP contribution in [0.4, 0.5) is 0 Å². The molecule has 1 N–H and O–H groups in total. The summed E-state index contributed by atoms with van der Waals surface area (Å²) in [6, 6.07) is 18.1. The number of benzene rings is 2. The van der Waals surface area contributed by atoms with Crippen LogP contribution in [0.25, 0.3) is 10.4 Å². The van der Waals surface area contributed by atoms with Gasteiger partial charge in [-0.1, -0.05) is 60.2 Å². The number of hydrogen-bond acceptors (Lipinski definition) is 3. The molecule has 0 saturated carbocycles. The zero-order valence-corrected chi connectivity index (χ0v) is 14.0. The number of amides is 1. The summed E-state index contributed by atoms with van der Waals surface area (Å²) in [6.45, 7) is 4.48.